The van der Waals surface area contributed by atoms with Gasteiger partial charge in [-0.05, 0) is 44.2 Å². The summed E-state index contributed by atoms with van der Waals surface area (Å²) in [6.45, 7) is 2.84. The SMILES string of the molecule is CNC(C)c1cc2cc(CCOC)ccc2o1. The third kappa shape index (κ3) is 2.68. The van der Waals surface area contributed by atoms with Crippen molar-refractivity contribution < 1.29 is 9.15 Å². The summed E-state index contributed by atoms with van der Waals surface area (Å²) < 4.78 is 10.9. The second-order valence-corrected chi connectivity index (χ2v) is 4.27. The van der Waals surface area contributed by atoms with E-state index in [1.165, 1.54) is 5.56 Å². The highest BCUT2D eigenvalue weighted by molar-refractivity contribution is 5.78. The van der Waals surface area contributed by atoms with E-state index < -0.39 is 0 Å². The van der Waals surface area contributed by atoms with Crippen molar-refractivity contribution in [3.63, 3.8) is 0 Å². The van der Waals surface area contributed by atoms with Gasteiger partial charge < -0.3 is 14.5 Å². The highest BCUT2D eigenvalue weighted by atomic mass is 16.5. The number of ether oxygens (including phenoxy) is 1. The Morgan fingerprint density at radius 3 is 2.88 bits per heavy atom. The number of furan rings is 1. The molecule has 1 N–H and O–H groups in total. The number of methoxy groups -OCH3 is 1. The molecule has 92 valence electrons. The second kappa shape index (κ2) is 5.34. The lowest BCUT2D eigenvalue weighted by Crippen LogP contribution is -2.10. The smallest absolute Gasteiger partial charge is 0.134 e. The maximum Gasteiger partial charge on any atom is 0.134 e. The van der Waals surface area contributed by atoms with Gasteiger partial charge in [-0.15, -0.1) is 0 Å². The van der Waals surface area contributed by atoms with Crippen LogP contribution in [-0.2, 0) is 11.2 Å². The molecule has 0 fully saturated rings. The van der Waals surface area contributed by atoms with Crippen molar-refractivity contribution in [3.05, 3.63) is 35.6 Å². The van der Waals surface area contributed by atoms with Gasteiger partial charge in [0.25, 0.3) is 0 Å². The zero-order chi connectivity index (χ0) is 12.3. The Kier molecular flexibility index (Phi) is 3.82. The van der Waals surface area contributed by atoms with Crippen molar-refractivity contribution in [1.29, 1.82) is 0 Å². The number of nitrogens with one attached hydrogen (secondary N) is 1. The van der Waals surface area contributed by atoms with Gasteiger partial charge in [0.2, 0.25) is 0 Å². The number of hydrogen-bond acceptors (Lipinski definition) is 3. The van der Waals surface area contributed by atoms with E-state index in [0.717, 1.165) is 29.8 Å². The van der Waals surface area contributed by atoms with Crippen LogP contribution >= 0.6 is 0 Å². The van der Waals surface area contributed by atoms with E-state index in [4.69, 9.17) is 9.15 Å². The molecule has 0 radical (unpaired) electrons. The third-order valence-corrected chi connectivity index (χ3v) is 3.05. The maximum absolute atomic E-state index is 5.79. The molecule has 0 saturated carbocycles. The topological polar surface area (TPSA) is 34.4 Å². The molecule has 2 aromatic rings. The van der Waals surface area contributed by atoms with Crippen LogP contribution in [0.1, 0.15) is 24.3 Å². The number of fused-ring (bicyclic) bond motifs is 1. The van der Waals surface area contributed by atoms with Crippen LogP contribution in [-0.4, -0.2) is 20.8 Å². The maximum atomic E-state index is 5.79. The van der Waals surface area contributed by atoms with E-state index in [9.17, 15) is 0 Å². The summed E-state index contributed by atoms with van der Waals surface area (Å²) in [6.07, 6.45) is 0.939. The summed E-state index contributed by atoms with van der Waals surface area (Å²) in [7, 11) is 3.66. The van der Waals surface area contributed by atoms with Crippen molar-refractivity contribution in [3.8, 4) is 0 Å². The summed E-state index contributed by atoms with van der Waals surface area (Å²) >= 11 is 0. The molecule has 17 heavy (non-hydrogen) atoms. The minimum atomic E-state index is 0.241. The normalized spacial score (nSPS) is 13.1. The van der Waals surface area contributed by atoms with E-state index in [1.807, 2.05) is 13.1 Å². The molecule has 1 aromatic carbocycles. The van der Waals surface area contributed by atoms with E-state index in [0.29, 0.717) is 0 Å². The van der Waals surface area contributed by atoms with Crippen molar-refractivity contribution in [2.75, 3.05) is 20.8 Å². The van der Waals surface area contributed by atoms with Gasteiger partial charge in [-0.25, -0.2) is 0 Å². The van der Waals surface area contributed by atoms with Crippen LogP contribution in [0.2, 0.25) is 0 Å². The van der Waals surface area contributed by atoms with Crippen LogP contribution in [0, 0.1) is 0 Å². The van der Waals surface area contributed by atoms with Crippen LogP contribution in [0.3, 0.4) is 0 Å². The van der Waals surface area contributed by atoms with Crippen LogP contribution in [0.5, 0.6) is 0 Å². The Bertz CT molecular complexity index is 490. The molecule has 1 aromatic heterocycles. The number of benzene rings is 1. The minimum Gasteiger partial charge on any atom is -0.459 e. The molecule has 0 aliphatic carbocycles. The van der Waals surface area contributed by atoms with E-state index in [2.05, 4.69) is 30.4 Å². The Morgan fingerprint density at radius 1 is 1.35 bits per heavy atom. The van der Waals surface area contributed by atoms with Crippen LogP contribution in [0.25, 0.3) is 11.0 Å². The zero-order valence-corrected chi connectivity index (χ0v) is 10.6. The second-order valence-electron chi connectivity index (χ2n) is 4.27. The first-order chi connectivity index (χ1) is 8.24. The summed E-state index contributed by atoms with van der Waals surface area (Å²) in [5, 5.41) is 4.34. The molecule has 3 heteroatoms. The lowest BCUT2D eigenvalue weighted by molar-refractivity contribution is 0.202. The van der Waals surface area contributed by atoms with Crippen molar-refractivity contribution in [2.45, 2.75) is 19.4 Å². The monoisotopic (exact) mass is 233 g/mol. The fourth-order valence-electron chi connectivity index (χ4n) is 1.84. The molecule has 1 heterocycles. The minimum absolute atomic E-state index is 0.241. The molecular weight excluding hydrogens is 214 g/mol. The van der Waals surface area contributed by atoms with Gasteiger partial charge in [-0.1, -0.05) is 6.07 Å². The lowest BCUT2D eigenvalue weighted by Gasteiger charge is -2.04. The highest BCUT2D eigenvalue weighted by Gasteiger charge is 2.09. The van der Waals surface area contributed by atoms with E-state index in [-0.39, 0.29) is 6.04 Å². The Hall–Kier alpha value is -1.32. The Morgan fingerprint density at radius 2 is 2.18 bits per heavy atom. The molecule has 0 amide bonds. The molecule has 0 saturated heterocycles. The average molecular weight is 233 g/mol. The number of hydrogen-bond donors (Lipinski definition) is 1. The lowest BCUT2D eigenvalue weighted by atomic mass is 10.1. The molecule has 1 unspecified atom stereocenters. The standard InChI is InChI=1S/C14H19NO2/c1-10(15-2)14-9-12-8-11(6-7-16-3)4-5-13(12)17-14/h4-5,8-10,15H,6-7H2,1-3H3. The van der Waals surface area contributed by atoms with Crippen molar-refractivity contribution in [1.82, 2.24) is 5.32 Å². The first kappa shape index (κ1) is 12.1. The Labute approximate surface area is 102 Å². The van der Waals surface area contributed by atoms with Crippen LogP contribution < -0.4 is 5.32 Å². The van der Waals surface area contributed by atoms with Gasteiger partial charge in [-0.3, -0.25) is 0 Å². The van der Waals surface area contributed by atoms with Gasteiger partial charge in [0, 0.05) is 12.5 Å². The van der Waals surface area contributed by atoms with Gasteiger partial charge in [0.1, 0.15) is 11.3 Å². The van der Waals surface area contributed by atoms with Gasteiger partial charge in [0.15, 0.2) is 0 Å². The van der Waals surface area contributed by atoms with Gasteiger partial charge in [0.05, 0.1) is 12.6 Å². The summed E-state index contributed by atoms with van der Waals surface area (Å²) in [6, 6.07) is 8.64. The molecule has 2 rings (SSSR count). The predicted octanol–water partition coefficient (Wildman–Crippen LogP) is 2.90. The average Bonchev–Trinajstić information content (AvgIpc) is 2.78. The zero-order valence-electron chi connectivity index (χ0n) is 10.6. The first-order valence-corrected chi connectivity index (χ1v) is 5.93. The molecule has 0 spiro atoms. The molecule has 1 atom stereocenters. The Balaban J connectivity index is 2.27. The fraction of sp³-hybridized carbons (Fsp3) is 0.429. The summed E-state index contributed by atoms with van der Waals surface area (Å²) in [5.74, 6) is 0.978. The molecular formula is C14H19NO2. The van der Waals surface area contributed by atoms with E-state index >= 15 is 0 Å². The van der Waals surface area contributed by atoms with E-state index in [1.54, 1.807) is 7.11 Å². The first-order valence-electron chi connectivity index (χ1n) is 5.93. The van der Waals surface area contributed by atoms with Crippen LogP contribution in [0.15, 0.2) is 28.7 Å². The summed E-state index contributed by atoms with van der Waals surface area (Å²) in [4.78, 5) is 0. The predicted molar refractivity (Wildman–Crippen MR) is 69.3 cm³/mol. The molecule has 0 bridgehead atoms. The fourth-order valence-corrected chi connectivity index (χ4v) is 1.84. The van der Waals surface area contributed by atoms with Crippen LogP contribution in [0.4, 0.5) is 0 Å². The van der Waals surface area contributed by atoms with Crippen molar-refractivity contribution in [2.24, 2.45) is 0 Å². The summed E-state index contributed by atoms with van der Waals surface area (Å²) in [5.41, 5.74) is 2.23. The quantitative estimate of drug-likeness (QED) is 0.862. The largest absolute Gasteiger partial charge is 0.459 e. The third-order valence-electron chi connectivity index (χ3n) is 3.05. The van der Waals surface area contributed by atoms with Crippen molar-refractivity contribution >= 4 is 11.0 Å². The highest BCUT2D eigenvalue weighted by Crippen LogP contribution is 2.24. The molecule has 0 aliphatic rings. The van der Waals surface area contributed by atoms with Gasteiger partial charge >= 0.3 is 0 Å². The molecule has 0 aliphatic heterocycles. The molecule has 3 nitrogen and oxygen atoms in total. The number of rotatable bonds is 5. The van der Waals surface area contributed by atoms with Gasteiger partial charge in [-0.2, -0.15) is 0 Å².